The van der Waals surface area contributed by atoms with Crippen LogP contribution in [0, 0.1) is 0 Å². The van der Waals surface area contributed by atoms with Gasteiger partial charge in [-0.3, -0.25) is 4.90 Å². The van der Waals surface area contributed by atoms with Gasteiger partial charge in [0.05, 0.1) is 7.11 Å². The van der Waals surface area contributed by atoms with Gasteiger partial charge in [0.2, 0.25) is 0 Å². The van der Waals surface area contributed by atoms with Crippen molar-refractivity contribution in [1.29, 1.82) is 0 Å². The van der Waals surface area contributed by atoms with Crippen LogP contribution in [0.5, 0.6) is 5.75 Å². The summed E-state index contributed by atoms with van der Waals surface area (Å²) < 4.78 is 5.49. The summed E-state index contributed by atoms with van der Waals surface area (Å²) in [5.41, 5.74) is 1.34. The zero-order chi connectivity index (χ0) is 14.7. The maximum atomic E-state index is 5.49. The minimum atomic E-state index is 0.725. The molecule has 2 fully saturated rings. The molecule has 3 heteroatoms. The number of ether oxygens (including phenoxy) is 1. The van der Waals surface area contributed by atoms with Gasteiger partial charge in [0, 0.05) is 24.7 Å². The van der Waals surface area contributed by atoms with Crippen molar-refractivity contribution in [3.8, 4) is 5.75 Å². The fraction of sp³-hybridized carbons (Fsp3) is 0.667. The molecule has 1 aromatic rings. The second kappa shape index (κ2) is 6.80. The molecule has 0 aliphatic carbocycles. The van der Waals surface area contributed by atoms with Gasteiger partial charge in [0.1, 0.15) is 5.75 Å². The van der Waals surface area contributed by atoms with Crippen molar-refractivity contribution >= 4 is 0 Å². The highest BCUT2D eigenvalue weighted by molar-refractivity contribution is 5.33. The Morgan fingerprint density at radius 2 is 1.90 bits per heavy atom. The topological polar surface area (TPSA) is 24.5 Å². The largest absolute Gasteiger partial charge is 0.496 e. The van der Waals surface area contributed by atoms with Crippen LogP contribution in [0.15, 0.2) is 24.3 Å². The molecule has 0 radical (unpaired) electrons. The van der Waals surface area contributed by atoms with Crippen molar-refractivity contribution in [3.63, 3.8) is 0 Å². The van der Waals surface area contributed by atoms with Gasteiger partial charge in [0.15, 0.2) is 0 Å². The van der Waals surface area contributed by atoms with Crippen LogP contribution in [0.25, 0.3) is 0 Å². The number of para-hydroxylation sites is 1. The van der Waals surface area contributed by atoms with Gasteiger partial charge in [-0.15, -0.1) is 0 Å². The van der Waals surface area contributed by atoms with E-state index in [4.69, 9.17) is 4.74 Å². The summed E-state index contributed by atoms with van der Waals surface area (Å²) in [7, 11) is 3.89. The van der Waals surface area contributed by atoms with Gasteiger partial charge in [-0.05, 0) is 50.8 Å². The van der Waals surface area contributed by atoms with Gasteiger partial charge in [-0.2, -0.15) is 0 Å². The maximum Gasteiger partial charge on any atom is 0.122 e. The monoisotopic (exact) mass is 288 g/mol. The lowest BCUT2D eigenvalue weighted by Crippen LogP contribution is -2.56. The van der Waals surface area contributed by atoms with Crippen molar-refractivity contribution in [1.82, 2.24) is 10.2 Å². The smallest absolute Gasteiger partial charge is 0.122 e. The molecule has 0 aromatic heterocycles. The first-order valence-electron chi connectivity index (χ1n) is 8.36. The second-order valence-electron chi connectivity index (χ2n) is 6.50. The normalized spacial score (nSPS) is 29.3. The number of benzene rings is 1. The first-order chi connectivity index (χ1) is 10.3. The van der Waals surface area contributed by atoms with Crippen molar-refractivity contribution in [3.05, 3.63) is 29.8 Å². The molecule has 0 amide bonds. The lowest BCUT2D eigenvalue weighted by Gasteiger charge is -2.49. The van der Waals surface area contributed by atoms with E-state index in [1.807, 2.05) is 0 Å². The highest BCUT2D eigenvalue weighted by Gasteiger charge is 2.37. The van der Waals surface area contributed by atoms with E-state index in [0.717, 1.165) is 30.3 Å². The fourth-order valence-electron chi connectivity index (χ4n) is 4.24. The van der Waals surface area contributed by atoms with E-state index in [0.29, 0.717) is 0 Å². The summed E-state index contributed by atoms with van der Waals surface area (Å²) in [5, 5.41) is 3.50. The Balaban J connectivity index is 1.65. The molecule has 0 spiro atoms. The predicted octanol–water partition coefficient (Wildman–Crippen LogP) is 2.84. The third-order valence-electron chi connectivity index (χ3n) is 5.37. The number of fused-ring (bicyclic) bond motifs is 2. The van der Waals surface area contributed by atoms with Crippen molar-refractivity contribution in [2.45, 2.75) is 56.7 Å². The van der Waals surface area contributed by atoms with Crippen LogP contribution in [-0.2, 0) is 6.42 Å². The van der Waals surface area contributed by atoms with Gasteiger partial charge in [-0.1, -0.05) is 24.6 Å². The molecule has 1 aromatic carbocycles. The Labute approximate surface area is 128 Å². The summed E-state index contributed by atoms with van der Waals surface area (Å²) >= 11 is 0. The van der Waals surface area contributed by atoms with E-state index in [1.165, 1.54) is 44.2 Å². The summed E-state index contributed by atoms with van der Waals surface area (Å²) in [6, 6.07) is 10.7. The van der Waals surface area contributed by atoms with E-state index in [2.05, 4.69) is 41.5 Å². The SMILES string of the molecule is CNC1CC2CCCC(C1)N2CCc1ccccc1OC. The van der Waals surface area contributed by atoms with E-state index in [9.17, 15) is 0 Å². The highest BCUT2D eigenvalue weighted by Crippen LogP contribution is 2.34. The molecule has 2 bridgehead atoms. The average molecular weight is 288 g/mol. The molecular formula is C18H28N2O. The first-order valence-corrected chi connectivity index (χ1v) is 8.36. The van der Waals surface area contributed by atoms with Crippen LogP contribution < -0.4 is 10.1 Å². The molecule has 2 unspecified atom stereocenters. The standard InChI is InChI=1S/C18H28N2O/c1-19-15-12-16-7-5-8-17(13-15)20(16)11-10-14-6-3-4-9-18(14)21-2/h3-4,6,9,15-17,19H,5,7-8,10-13H2,1-2H3. The number of hydrogen-bond acceptors (Lipinski definition) is 3. The van der Waals surface area contributed by atoms with Crippen molar-refractivity contribution in [2.75, 3.05) is 20.7 Å². The Morgan fingerprint density at radius 1 is 1.19 bits per heavy atom. The van der Waals surface area contributed by atoms with E-state index in [1.54, 1.807) is 7.11 Å². The summed E-state index contributed by atoms with van der Waals surface area (Å²) in [4.78, 5) is 2.78. The van der Waals surface area contributed by atoms with E-state index in [-0.39, 0.29) is 0 Å². The van der Waals surface area contributed by atoms with E-state index < -0.39 is 0 Å². The lowest BCUT2D eigenvalue weighted by molar-refractivity contribution is 0.0269. The van der Waals surface area contributed by atoms with Crippen LogP contribution in [0.3, 0.4) is 0 Å². The Kier molecular flexibility index (Phi) is 4.81. The van der Waals surface area contributed by atoms with Crippen LogP contribution in [0.2, 0.25) is 0 Å². The molecule has 2 saturated heterocycles. The molecule has 1 N–H and O–H groups in total. The van der Waals surface area contributed by atoms with Gasteiger partial charge >= 0.3 is 0 Å². The molecule has 2 heterocycles. The average Bonchev–Trinajstić information content (AvgIpc) is 2.52. The number of hydrogen-bond donors (Lipinski definition) is 1. The van der Waals surface area contributed by atoms with E-state index >= 15 is 0 Å². The molecule has 2 aliphatic rings. The Morgan fingerprint density at radius 3 is 2.57 bits per heavy atom. The highest BCUT2D eigenvalue weighted by atomic mass is 16.5. The molecule has 21 heavy (non-hydrogen) atoms. The zero-order valence-corrected chi connectivity index (χ0v) is 13.3. The van der Waals surface area contributed by atoms with Gasteiger partial charge in [0.25, 0.3) is 0 Å². The Hall–Kier alpha value is -1.06. The number of rotatable bonds is 5. The molecule has 0 saturated carbocycles. The quantitative estimate of drug-likeness (QED) is 0.901. The second-order valence-corrected chi connectivity index (χ2v) is 6.50. The minimum absolute atomic E-state index is 0.725. The molecule has 2 aliphatic heterocycles. The number of piperidine rings is 2. The van der Waals surface area contributed by atoms with Crippen molar-refractivity contribution < 1.29 is 4.74 Å². The van der Waals surface area contributed by atoms with Crippen LogP contribution >= 0.6 is 0 Å². The molecule has 3 rings (SSSR count). The molecule has 2 atom stereocenters. The maximum absolute atomic E-state index is 5.49. The zero-order valence-electron chi connectivity index (χ0n) is 13.3. The summed E-state index contributed by atoms with van der Waals surface area (Å²) in [6.45, 7) is 1.17. The third kappa shape index (κ3) is 3.24. The van der Waals surface area contributed by atoms with Gasteiger partial charge in [-0.25, -0.2) is 0 Å². The first kappa shape index (κ1) is 14.9. The van der Waals surface area contributed by atoms with Crippen LogP contribution in [0.4, 0.5) is 0 Å². The third-order valence-corrected chi connectivity index (χ3v) is 5.37. The van der Waals surface area contributed by atoms with Crippen LogP contribution in [-0.4, -0.2) is 43.7 Å². The van der Waals surface area contributed by atoms with Gasteiger partial charge < -0.3 is 10.1 Å². The summed E-state index contributed by atoms with van der Waals surface area (Å²) in [6.07, 6.45) is 7.90. The fourth-order valence-corrected chi connectivity index (χ4v) is 4.24. The summed E-state index contributed by atoms with van der Waals surface area (Å²) in [5.74, 6) is 1.03. The van der Waals surface area contributed by atoms with Crippen LogP contribution in [0.1, 0.15) is 37.7 Å². The Bertz CT molecular complexity index is 448. The molecule has 3 nitrogen and oxygen atoms in total. The predicted molar refractivity (Wildman–Crippen MR) is 86.9 cm³/mol. The minimum Gasteiger partial charge on any atom is -0.496 e. The molecular weight excluding hydrogens is 260 g/mol. The van der Waals surface area contributed by atoms with Crippen molar-refractivity contribution in [2.24, 2.45) is 0 Å². The number of nitrogens with zero attached hydrogens (tertiary/aromatic N) is 1. The lowest BCUT2D eigenvalue weighted by atomic mass is 9.81. The number of methoxy groups -OCH3 is 1. The number of nitrogens with one attached hydrogen (secondary N) is 1. The molecule has 116 valence electrons.